The highest BCUT2D eigenvalue weighted by molar-refractivity contribution is 7.98. The van der Waals surface area contributed by atoms with Gasteiger partial charge in [-0.2, -0.15) is 0 Å². The van der Waals surface area contributed by atoms with Gasteiger partial charge < -0.3 is 5.32 Å². The third-order valence-electron chi connectivity index (χ3n) is 2.54. The Labute approximate surface area is 105 Å². The molecule has 1 amide bonds. The zero-order valence-corrected chi connectivity index (χ0v) is 10.3. The van der Waals surface area contributed by atoms with Crippen LogP contribution < -0.4 is 5.32 Å². The number of hydrogen-bond acceptors (Lipinski definition) is 2. The van der Waals surface area contributed by atoms with Crippen molar-refractivity contribution in [2.24, 2.45) is 0 Å². The fourth-order valence-electron chi connectivity index (χ4n) is 1.69. The van der Waals surface area contributed by atoms with Crippen LogP contribution in [-0.2, 0) is 4.79 Å². The van der Waals surface area contributed by atoms with E-state index < -0.39 is 0 Å². The summed E-state index contributed by atoms with van der Waals surface area (Å²) in [5.74, 6) is 0. The first-order chi connectivity index (χ1) is 8.35. The molecule has 0 aliphatic rings. The van der Waals surface area contributed by atoms with E-state index in [1.54, 1.807) is 11.8 Å². The molecule has 0 heterocycles. The molecule has 0 aromatic heterocycles. The molecule has 0 saturated heterocycles. The topological polar surface area (TPSA) is 29.1 Å². The monoisotopic (exact) mass is 243 g/mol. The summed E-state index contributed by atoms with van der Waals surface area (Å²) in [4.78, 5) is 11.8. The molecule has 2 nitrogen and oxygen atoms in total. The number of carbonyl (C=O) groups is 1. The van der Waals surface area contributed by atoms with Crippen molar-refractivity contribution < 1.29 is 4.79 Å². The highest BCUT2D eigenvalue weighted by Gasteiger charge is 2.03. The van der Waals surface area contributed by atoms with E-state index in [1.165, 1.54) is 4.90 Å². The van der Waals surface area contributed by atoms with Crippen molar-refractivity contribution in [1.29, 1.82) is 0 Å². The lowest BCUT2D eigenvalue weighted by Crippen LogP contribution is -1.95. The molecular formula is C14H13NOS. The van der Waals surface area contributed by atoms with Crippen molar-refractivity contribution >= 4 is 23.9 Å². The van der Waals surface area contributed by atoms with Gasteiger partial charge in [0, 0.05) is 16.1 Å². The van der Waals surface area contributed by atoms with Crippen molar-refractivity contribution in [2.45, 2.75) is 4.90 Å². The van der Waals surface area contributed by atoms with Crippen LogP contribution in [0.4, 0.5) is 5.69 Å². The van der Waals surface area contributed by atoms with E-state index in [9.17, 15) is 4.79 Å². The number of carbonyl (C=O) groups excluding carboxylic acids is 1. The van der Waals surface area contributed by atoms with Gasteiger partial charge in [0.25, 0.3) is 0 Å². The summed E-state index contributed by atoms with van der Waals surface area (Å²) in [5, 5.41) is 2.72. The number of hydrogen-bond donors (Lipinski definition) is 1. The first kappa shape index (κ1) is 11.7. The molecule has 0 radical (unpaired) electrons. The molecule has 2 aromatic carbocycles. The van der Waals surface area contributed by atoms with Crippen LogP contribution in [0.15, 0.2) is 53.4 Å². The van der Waals surface area contributed by atoms with Crippen LogP contribution in [0.5, 0.6) is 0 Å². The van der Waals surface area contributed by atoms with Crippen molar-refractivity contribution in [3.63, 3.8) is 0 Å². The van der Waals surface area contributed by atoms with Gasteiger partial charge in [-0.25, -0.2) is 0 Å². The zero-order valence-electron chi connectivity index (χ0n) is 9.51. The summed E-state index contributed by atoms with van der Waals surface area (Å²) in [6.45, 7) is 0. The fraction of sp³-hybridized carbons (Fsp3) is 0.0714. The summed E-state index contributed by atoms with van der Waals surface area (Å²) in [5.41, 5.74) is 2.97. The highest BCUT2D eigenvalue weighted by Crippen LogP contribution is 2.28. The molecule has 17 heavy (non-hydrogen) atoms. The lowest BCUT2D eigenvalue weighted by Gasteiger charge is -2.08. The third-order valence-corrected chi connectivity index (χ3v) is 3.29. The summed E-state index contributed by atoms with van der Waals surface area (Å²) >= 11 is 1.72. The van der Waals surface area contributed by atoms with Crippen molar-refractivity contribution in [2.75, 3.05) is 11.6 Å². The largest absolute Gasteiger partial charge is 0.328 e. The lowest BCUT2D eigenvalue weighted by atomic mass is 10.0. The molecule has 3 heteroatoms. The summed E-state index contributed by atoms with van der Waals surface area (Å²) < 4.78 is 0. The summed E-state index contributed by atoms with van der Waals surface area (Å²) in [6.07, 6.45) is 2.76. The fourth-order valence-corrected chi connectivity index (χ4v) is 2.10. The van der Waals surface area contributed by atoms with Gasteiger partial charge in [-0.3, -0.25) is 4.79 Å². The molecule has 2 aromatic rings. The van der Waals surface area contributed by atoms with Crippen LogP contribution in [0.25, 0.3) is 11.1 Å². The molecule has 0 atom stereocenters. The van der Waals surface area contributed by atoms with E-state index in [1.807, 2.05) is 24.3 Å². The van der Waals surface area contributed by atoms with E-state index in [0.717, 1.165) is 16.8 Å². The van der Waals surface area contributed by atoms with Gasteiger partial charge in [-0.1, -0.05) is 30.3 Å². The smallest absolute Gasteiger partial charge is 0.211 e. The predicted molar refractivity (Wildman–Crippen MR) is 73.3 cm³/mol. The molecule has 0 aliphatic heterocycles. The van der Waals surface area contributed by atoms with Crippen LogP contribution in [0.1, 0.15) is 0 Å². The second-order valence-electron chi connectivity index (χ2n) is 3.54. The molecule has 0 aliphatic carbocycles. The molecule has 0 unspecified atom stereocenters. The quantitative estimate of drug-likeness (QED) is 0.656. The maximum absolute atomic E-state index is 10.5. The van der Waals surface area contributed by atoms with Crippen molar-refractivity contribution in [1.82, 2.24) is 0 Å². The number of anilines is 1. The number of rotatable bonds is 4. The van der Waals surface area contributed by atoms with Gasteiger partial charge >= 0.3 is 0 Å². The van der Waals surface area contributed by atoms with Crippen LogP contribution >= 0.6 is 11.8 Å². The molecule has 0 bridgehead atoms. The summed E-state index contributed by atoms with van der Waals surface area (Å²) in [7, 11) is 0. The molecule has 1 N–H and O–H groups in total. The van der Waals surface area contributed by atoms with Gasteiger partial charge in [-0.15, -0.1) is 11.8 Å². The summed E-state index contributed by atoms with van der Waals surface area (Å²) in [6, 6.07) is 16.1. The van der Waals surface area contributed by atoms with Crippen LogP contribution in [0.2, 0.25) is 0 Å². The average molecular weight is 243 g/mol. The van der Waals surface area contributed by atoms with E-state index in [4.69, 9.17) is 0 Å². The Balaban J connectivity index is 2.40. The maximum atomic E-state index is 10.5. The number of benzene rings is 2. The Morgan fingerprint density at radius 2 is 1.76 bits per heavy atom. The molecular weight excluding hydrogens is 230 g/mol. The molecule has 0 spiro atoms. The first-order valence-electron chi connectivity index (χ1n) is 5.29. The van der Waals surface area contributed by atoms with Crippen molar-refractivity contribution in [3.05, 3.63) is 48.5 Å². The average Bonchev–Trinajstić information content (AvgIpc) is 2.40. The minimum absolute atomic E-state index is 0.703. The predicted octanol–water partition coefficient (Wildman–Crippen LogP) is 3.64. The SMILES string of the molecule is CSc1ccc(-c2ccccc2NC=O)cc1. The number of para-hydroxylation sites is 1. The maximum Gasteiger partial charge on any atom is 0.211 e. The second-order valence-corrected chi connectivity index (χ2v) is 4.42. The Hall–Kier alpha value is -1.74. The van der Waals surface area contributed by atoms with Gasteiger partial charge in [0.2, 0.25) is 6.41 Å². The van der Waals surface area contributed by atoms with Gasteiger partial charge in [0.05, 0.1) is 0 Å². The highest BCUT2D eigenvalue weighted by atomic mass is 32.2. The Bertz CT molecular complexity index is 508. The Kier molecular flexibility index (Phi) is 3.83. The Morgan fingerprint density at radius 3 is 2.41 bits per heavy atom. The zero-order chi connectivity index (χ0) is 12.1. The van der Waals surface area contributed by atoms with E-state index in [2.05, 4.69) is 35.8 Å². The van der Waals surface area contributed by atoms with E-state index in [-0.39, 0.29) is 0 Å². The Morgan fingerprint density at radius 1 is 1.06 bits per heavy atom. The molecule has 0 saturated carbocycles. The number of thioether (sulfide) groups is 1. The second kappa shape index (κ2) is 5.55. The standard InChI is InChI=1S/C14H13NOS/c1-17-12-8-6-11(7-9-12)13-4-2-3-5-14(13)15-10-16/h2-10H,1H3,(H,15,16). The first-order valence-corrected chi connectivity index (χ1v) is 6.51. The van der Waals surface area contributed by atoms with Crippen LogP contribution in [-0.4, -0.2) is 12.7 Å². The van der Waals surface area contributed by atoms with Crippen LogP contribution in [0, 0.1) is 0 Å². The van der Waals surface area contributed by atoms with Crippen LogP contribution in [0.3, 0.4) is 0 Å². The molecule has 0 fully saturated rings. The normalized spacial score (nSPS) is 9.94. The van der Waals surface area contributed by atoms with Gasteiger partial charge in [0.15, 0.2) is 0 Å². The van der Waals surface area contributed by atoms with E-state index in [0.29, 0.717) is 6.41 Å². The van der Waals surface area contributed by atoms with E-state index >= 15 is 0 Å². The minimum atomic E-state index is 0.703. The molecule has 2 rings (SSSR count). The van der Waals surface area contributed by atoms with Crippen molar-refractivity contribution in [3.8, 4) is 11.1 Å². The minimum Gasteiger partial charge on any atom is -0.328 e. The number of nitrogens with one attached hydrogen (secondary N) is 1. The lowest BCUT2D eigenvalue weighted by molar-refractivity contribution is -0.105. The molecule has 86 valence electrons. The van der Waals surface area contributed by atoms with Gasteiger partial charge in [0.1, 0.15) is 0 Å². The van der Waals surface area contributed by atoms with Gasteiger partial charge in [-0.05, 0) is 30.0 Å². The number of amides is 1. The third kappa shape index (κ3) is 2.68.